The Bertz CT molecular complexity index is 373. The second kappa shape index (κ2) is 7.12. The van der Waals surface area contributed by atoms with Crippen LogP contribution in [0.1, 0.15) is 12.5 Å². The smallest absolute Gasteiger partial charge is 0.123 e. The first kappa shape index (κ1) is 15.5. The largest absolute Gasteiger partial charge is 0.329 e. The van der Waals surface area contributed by atoms with Crippen LogP contribution in [0.15, 0.2) is 24.3 Å². The van der Waals surface area contributed by atoms with Crippen LogP contribution in [-0.4, -0.2) is 42.6 Å². The number of hydrogen-bond acceptors (Lipinski definition) is 3. The van der Waals surface area contributed by atoms with Gasteiger partial charge in [-0.2, -0.15) is 11.8 Å². The minimum absolute atomic E-state index is 0.122. The van der Waals surface area contributed by atoms with Gasteiger partial charge in [-0.3, -0.25) is 4.90 Å². The van der Waals surface area contributed by atoms with Crippen LogP contribution in [0.5, 0.6) is 0 Å². The van der Waals surface area contributed by atoms with Crippen LogP contribution in [0, 0.1) is 5.82 Å². The Morgan fingerprint density at radius 3 is 2.72 bits per heavy atom. The molecule has 0 amide bonds. The minimum atomic E-state index is -0.182. The molecule has 0 saturated carbocycles. The van der Waals surface area contributed by atoms with E-state index in [0.717, 1.165) is 24.3 Å². The molecule has 0 aliphatic carbocycles. The van der Waals surface area contributed by atoms with E-state index in [1.54, 1.807) is 12.1 Å². The Morgan fingerprint density at radius 1 is 1.44 bits per heavy atom. The van der Waals surface area contributed by atoms with Crippen molar-refractivity contribution in [3.05, 3.63) is 35.6 Å². The lowest BCUT2D eigenvalue weighted by Crippen LogP contribution is -2.52. The molecule has 0 heterocycles. The van der Waals surface area contributed by atoms with Crippen molar-refractivity contribution >= 4 is 11.8 Å². The van der Waals surface area contributed by atoms with Crippen LogP contribution < -0.4 is 5.73 Å². The summed E-state index contributed by atoms with van der Waals surface area (Å²) in [6.07, 6.45) is 2.87. The molecule has 102 valence electrons. The lowest BCUT2D eigenvalue weighted by Gasteiger charge is -2.38. The first-order chi connectivity index (χ1) is 8.51. The Labute approximate surface area is 114 Å². The van der Waals surface area contributed by atoms with E-state index in [4.69, 9.17) is 5.73 Å². The van der Waals surface area contributed by atoms with Gasteiger partial charge < -0.3 is 5.73 Å². The molecule has 18 heavy (non-hydrogen) atoms. The van der Waals surface area contributed by atoms with Crippen LogP contribution in [0.2, 0.25) is 0 Å². The molecule has 1 aromatic rings. The third-order valence-corrected chi connectivity index (χ3v) is 4.06. The Kier molecular flexibility index (Phi) is 6.12. The highest BCUT2D eigenvalue weighted by Crippen LogP contribution is 2.19. The molecule has 0 fully saturated rings. The maximum Gasteiger partial charge on any atom is 0.123 e. The highest BCUT2D eigenvalue weighted by atomic mass is 32.2. The van der Waals surface area contributed by atoms with E-state index in [0.29, 0.717) is 6.54 Å². The molecule has 1 atom stereocenters. The van der Waals surface area contributed by atoms with Gasteiger partial charge in [0.2, 0.25) is 0 Å². The van der Waals surface area contributed by atoms with E-state index in [-0.39, 0.29) is 11.4 Å². The fourth-order valence-electron chi connectivity index (χ4n) is 1.95. The lowest BCUT2D eigenvalue weighted by atomic mass is 9.91. The molecular weight excluding hydrogens is 247 g/mol. The van der Waals surface area contributed by atoms with Gasteiger partial charge >= 0.3 is 0 Å². The van der Waals surface area contributed by atoms with Crippen molar-refractivity contribution < 1.29 is 4.39 Å². The zero-order valence-electron chi connectivity index (χ0n) is 11.4. The number of nitrogens with zero attached hydrogens (tertiary/aromatic N) is 1. The van der Waals surface area contributed by atoms with Crippen molar-refractivity contribution in [2.24, 2.45) is 5.73 Å². The fraction of sp³-hybridized carbons (Fsp3) is 0.571. The molecule has 0 saturated heterocycles. The standard InChI is InChI=1S/C14H23FN2S/c1-14(11-16,17(2)7-8-18-3)10-12-5-4-6-13(15)9-12/h4-6,9H,7-8,10-11,16H2,1-3H3. The fourth-order valence-corrected chi connectivity index (χ4v) is 2.40. The maximum atomic E-state index is 13.2. The lowest BCUT2D eigenvalue weighted by molar-refractivity contribution is 0.153. The highest BCUT2D eigenvalue weighted by Gasteiger charge is 2.27. The van der Waals surface area contributed by atoms with Crippen LogP contribution in [0.25, 0.3) is 0 Å². The molecule has 1 rings (SSSR count). The van der Waals surface area contributed by atoms with E-state index in [1.165, 1.54) is 6.07 Å². The monoisotopic (exact) mass is 270 g/mol. The van der Waals surface area contributed by atoms with Crippen molar-refractivity contribution in [3.8, 4) is 0 Å². The van der Waals surface area contributed by atoms with Gasteiger partial charge in [0.15, 0.2) is 0 Å². The third-order valence-electron chi connectivity index (χ3n) is 3.47. The molecule has 0 bridgehead atoms. The molecule has 2 N–H and O–H groups in total. The molecule has 1 unspecified atom stereocenters. The van der Waals surface area contributed by atoms with Crippen LogP contribution in [-0.2, 0) is 6.42 Å². The van der Waals surface area contributed by atoms with Gasteiger partial charge in [0, 0.05) is 24.4 Å². The first-order valence-corrected chi connectivity index (χ1v) is 7.56. The average Bonchev–Trinajstić information content (AvgIpc) is 2.35. The summed E-state index contributed by atoms with van der Waals surface area (Å²) >= 11 is 1.82. The minimum Gasteiger partial charge on any atom is -0.329 e. The zero-order valence-corrected chi connectivity index (χ0v) is 12.3. The molecule has 0 spiro atoms. The molecule has 0 aliphatic rings. The van der Waals surface area contributed by atoms with Crippen LogP contribution in [0.3, 0.4) is 0 Å². The van der Waals surface area contributed by atoms with E-state index in [9.17, 15) is 4.39 Å². The van der Waals surface area contributed by atoms with Gasteiger partial charge in [-0.25, -0.2) is 4.39 Å². The van der Waals surface area contributed by atoms with Crippen LogP contribution >= 0.6 is 11.8 Å². The van der Waals surface area contributed by atoms with E-state index in [1.807, 2.05) is 17.8 Å². The quantitative estimate of drug-likeness (QED) is 0.825. The second-order valence-electron chi connectivity index (χ2n) is 4.92. The molecular formula is C14H23FN2S. The number of halogens is 1. The number of likely N-dealkylation sites (N-methyl/N-ethyl adjacent to an activating group) is 1. The Morgan fingerprint density at radius 2 is 2.17 bits per heavy atom. The number of thioether (sulfide) groups is 1. The van der Waals surface area contributed by atoms with Gasteiger partial charge in [0.05, 0.1) is 0 Å². The van der Waals surface area contributed by atoms with E-state index >= 15 is 0 Å². The SMILES string of the molecule is CSCCN(C)C(C)(CN)Cc1cccc(F)c1. The summed E-state index contributed by atoms with van der Waals surface area (Å²) < 4.78 is 13.2. The number of hydrogen-bond donors (Lipinski definition) is 1. The van der Waals surface area contributed by atoms with Crippen LogP contribution in [0.4, 0.5) is 4.39 Å². The average molecular weight is 270 g/mol. The predicted octanol–water partition coefficient (Wildman–Crippen LogP) is 2.38. The summed E-state index contributed by atoms with van der Waals surface area (Å²) in [4.78, 5) is 2.27. The summed E-state index contributed by atoms with van der Waals surface area (Å²) in [6.45, 7) is 3.69. The van der Waals surface area contributed by atoms with Crippen molar-refractivity contribution in [3.63, 3.8) is 0 Å². The Balaban J connectivity index is 2.75. The summed E-state index contributed by atoms with van der Waals surface area (Å²) in [7, 11) is 2.09. The van der Waals surface area contributed by atoms with Crippen molar-refractivity contribution in [1.29, 1.82) is 0 Å². The summed E-state index contributed by atoms with van der Waals surface area (Å²) in [5, 5.41) is 0. The molecule has 0 aliphatic heterocycles. The number of rotatable bonds is 7. The third kappa shape index (κ3) is 4.26. The highest BCUT2D eigenvalue weighted by molar-refractivity contribution is 7.98. The van der Waals surface area contributed by atoms with E-state index in [2.05, 4.69) is 25.1 Å². The van der Waals surface area contributed by atoms with Gasteiger partial charge in [-0.1, -0.05) is 12.1 Å². The molecule has 1 aromatic carbocycles. The van der Waals surface area contributed by atoms with Gasteiger partial charge in [-0.05, 0) is 44.3 Å². The summed E-state index contributed by atoms with van der Waals surface area (Å²) in [5.41, 5.74) is 6.80. The maximum absolute atomic E-state index is 13.2. The summed E-state index contributed by atoms with van der Waals surface area (Å²) in [5.74, 6) is 0.897. The molecule has 0 aromatic heterocycles. The van der Waals surface area contributed by atoms with Crippen molar-refractivity contribution in [2.45, 2.75) is 18.9 Å². The van der Waals surface area contributed by atoms with Gasteiger partial charge in [0.25, 0.3) is 0 Å². The molecule has 2 nitrogen and oxygen atoms in total. The zero-order chi connectivity index (χ0) is 13.6. The number of nitrogens with two attached hydrogens (primary N) is 1. The van der Waals surface area contributed by atoms with Gasteiger partial charge in [0.1, 0.15) is 5.82 Å². The van der Waals surface area contributed by atoms with E-state index < -0.39 is 0 Å². The number of benzene rings is 1. The van der Waals surface area contributed by atoms with Gasteiger partial charge in [-0.15, -0.1) is 0 Å². The normalized spacial score (nSPS) is 14.8. The predicted molar refractivity (Wildman–Crippen MR) is 78.6 cm³/mol. The Hall–Kier alpha value is -0.580. The first-order valence-electron chi connectivity index (χ1n) is 6.16. The second-order valence-corrected chi connectivity index (χ2v) is 5.91. The van der Waals surface area contributed by atoms with Crippen molar-refractivity contribution in [1.82, 2.24) is 4.90 Å². The van der Waals surface area contributed by atoms with Crippen molar-refractivity contribution in [2.75, 3.05) is 32.1 Å². The molecule has 0 radical (unpaired) electrons. The molecule has 4 heteroatoms. The summed E-state index contributed by atoms with van der Waals surface area (Å²) in [6, 6.07) is 6.78. The topological polar surface area (TPSA) is 29.3 Å².